The number of hydrogen-bond acceptors (Lipinski definition) is 2. The molecule has 1 N–H and O–H groups in total. The predicted octanol–water partition coefficient (Wildman–Crippen LogP) is 3.54. The summed E-state index contributed by atoms with van der Waals surface area (Å²) in [7, 11) is -0.797. The van der Waals surface area contributed by atoms with E-state index in [0.29, 0.717) is 5.75 Å². The minimum absolute atomic E-state index is 0.134. The largest absolute Gasteiger partial charge is 0.309 e. The van der Waals surface area contributed by atoms with Gasteiger partial charge in [0.1, 0.15) is 0 Å². The Balaban J connectivity index is 2.40. The summed E-state index contributed by atoms with van der Waals surface area (Å²) in [6.07, 6.45) is 0. The Labute approximate surface area is 118 Å². The van der Waals surface area contributed by atoms with Gasteiger partial charge in [0.25, 0.3) is 0 Å². The number of nitrogens with one attached hydrogen (secondary N) is 1. The van der Waals surface area contributed by atoms with E-state index in [2.05, 4.69) is 12.2 Å². The summed E-state index contributed by atoms with van der Waals surface area (Å²) in [6.45, 7) is 8.88. The van der Waals surface area contributed by atoms with E-state index in [0.717, 1.165) is 11.6 Å². The Bertz CT molecular complexity index is 397. The Morgan fingerprint density at radius 2 is 1.83 bits per heavy atom. The van der Waals surface area contributed by atoms with Crippen molar-refractivity contribution in [2.24, 2.45) is 0 Å². The lowest BCUT2D eigenvalue weighted by atomic mass is 10.1. The molecule has 0 radical (unpaired) electrons. The first-order valence-corrected chi connectivity index (χ1v) is 7.87. The lowest BCUT2D eigenvalue weighted by molar-refractivity contribution is 0.591. The molecular formula is C14H22ClNOS. The number of hydrogen-bond donors (Lipinski definition) is 1. The van der Waals surface area contributed by atoms with Gasteiger partial charge in [-0.3, -0.25) is 4.21 Å². The highest BCUT2D eigenvalue weighted by atomic mass is 35.5. The van der Waals surface area contributed by atoms with Crippen LogP contribution in [0.15, 0.2) is 24.3 Å². The standard InChI is InChI=1S/C14H22ClNOS/c1-11(12-5-7-13(15)8-6-12)16-9-10-18(17)14(2,3)4/h5-8,11,16H,9-10H2,1-4H3. The summed E-state index contributed by atoms with van der Waals surface area (Å²) in [5.41, 5.74) is 1.20. The second kappa shape index (κ2) is 6.69. The third kappa shape index (κ3) is 5.09. The van der Waals surface area contributed by atoms with Crippen LogP contribution < -0.4 is 5.32 Å². The first-order chi connectivity index (χ1) is 8.30. The van der Waals surface area contributed by atoms with Gasteiger partial charge < -0.3 is 5.32 Å². The van der Waals surface area contributed by atoms with Crippen LogP contribution in [0.4, 0.5) is 0 Å². The van der Waals surface area contributed by atoms with E-state index in [1.54, 1.807) is 0 Å². The van der Waals surface area contributed by atoms with Crippen molar-refractivity contribution in [3.63, 3.8) is 0 Å². The Morgan fingerprint density at radius 1 is 1.28 bits per heavy atom. The summed E-state index contributed by atoms with van der Waals surface area (Å²) in [4.78, 5) is 0. The molecule has 0 saturated carbocycles. The Hall–Kier alpha value is -0.380. The third-order valence-corrected chi connectivity index (χ3v) is 4.98. The van der Waals surface area contributed by atoms with Crippen molar-refractivity contribution in [3.05, 3.63) is 34.9 Å². The van der Waals surface area contributed by atoms with E-state index in [4.69, 9.17) is 11.6 Å². The smallest absolute Gasteiger partial charge is 0.0406 e. The number of rotatable bonds is 5. The average Bonchev–Trinajstić information content (AvgIpc) is 2.28. The molecule has 2 atom stereocenters. The first kappa shape index (κ1) is 15.7. The SMILES string of the molecule is CC(NCCS(=O)C(C)(C)C)c1ccc(Cl)cc1. The quantitative estimate of drug-likeness (QED) is 0.897. The van der Waals surface area contributed by atoms with Crippen molar-refractivity contribution in [1.29, 1.82) is 0 Å². The molecule has 0 aliphatic rings. The van der Waals surface area contributed by atoms with Crippen molar-refractivity contribution < 1.29 is 4.21 Å². The van der Waals surface area contributed by atoms with Gasteiger partial charge in [-0.2, -0.15) is 0 Å². The second-order valence-electron chi connectivity index (χ2n) is 5.39. The molecule has 1 rings (SSSR count). The summed E-state index contributed by atoms with van der Waals surface area (Å²) in [5.74, 6) is 0.682. The van der Waals surface area contributed by atoms with E-state index < -0.39 is 10.8 Å². The van der Waals surface area contributed by atoms with E-state index >= 15 is 0 Å². The van der Waals surface area contributed by atoms with Crippen LogP contribution in [0.1, 0.15) is 39.3 Å². The highest BCUT2D eigenvalue weighted by molar-refractivity contribution is 7.86. The molecule has 0 bridgehead atoms. The molecule has 18 heavy (non-hydrogen) atoms. The zero-order chi connectivity index (χ0) is 13.8. The fourth-order valence-electron chi connectivity index (χ4n) is 1.54. The highest BCUT2D eigenvalue weighted by Gasteiger charge is 2.18. The van der Waals surface area contributed by atoms with Gasteiger partial charge in [0, 0.05) is 38.9 Å². The van der Waals surface area contributed by atoms with Crippen molar-refractivity contribution in [2.45, 2.75) is 38.5 Å². The van der Waals surface area contributed by atoms with Gasteiger partial charge in [-0.1, -0.05) is 23.7 Å². The van der Waals surface area contributed by atoms with Crippen LogP contribution in [0.25, 0.3) is 0 Å². The van der Waals surface area contributed by atoms with Crippen molar-refractivity contribution >= 4 is 22.4 Å². The van der Waals surface area contributed by atoms with Crippen LogP contribution in [-0.2, 0) is 10.8 Å². The van der Waals surface area contributed by atoms with Gasteiger partial charge >= 0.3 is 0 Å². The van der Waals surface area contributed by atoms with Gasteiger partial charge in [0.2, 0.25) is 0 Å². The van der Waals surface area contributed by atoms with Gasteiger partial charge in [-0.05, 0) is 45.4 Å². The maximum atomic E-state index is 11.9. The lowest BCUT2D eigenvalue weighted by Crippen LogP contribution is -2.30. The second-order valence-corrected chi connectivity index (χ2v) is 8.15. The zero-order valence-corrected chi connectivity index (χ0v) is 13.1. The van der Waals surface area contributed by atoms with Gasteiger partial charge in [0.15, 0.2) is 0 Å². The number of halogens is 1. The first-order valence-electron chi connectivity index (χ1n) is 6.18. The molecule has 4 heteroatoms. The van der Waals surface area contributed by atoms with E-state index in [9.17, 15) is 4.21 Å². The zero-order valence-electron chi connectivity index (χ0n) is 11.5. The molecule has 0 amide bonds. The molecule has 0 aliphatic carbocycles. The molecule has 2 unspecified atom stereocenters. The third-order valence-electron chi connectivity index (χ3n) is 2.79. The van der Waals surface area contributed by atoms with Crippen LogP contribution in [-0.4, -0.2) is 21.3 Å². The summed E-state index contributed by atoms with van der Waals surface area (Å²) in [6, 6.07) is 8.06. The van der Waals surface area contributed by atoms with E-state index in [-0.39, 0.29) is 10.8 Å². The van der Waals surface area contributed by atoms with Crippen LogP contribution in [0, 0.1) is 0 Å². The molecule has 2 nitrogen and oxygen atoms in total. The van der Waals surface area contributed by atoms with E-state index in [1.807, 2.05) is 45.0 Å². The molecular weight excluding hydrogens is 266 g/mol. The van der Waals surface area contributed by atoms with Gasteiger partial charge in [-0.15, -0.1) is 0 Å². The molecule has 102 valence electrons. The topological polar surface area (TPSA) is 29.1 Å². The van der Waals surface area contributed by atoms with Crippen LogP contribution in [0.5, 0.6) is 0 Å². The molecule has 0 aliphatic heterocycles. The monoisotopic (exact) mass is 287 g/mol. The fraction of sp³-hybridized carbons (Fsp3) is 0.571. The lowest BCUT2D eigenvalue weighted by Gasteiger charge is -2.19. The average molecular weight is 288 g/mol. The maximum Gasteiger partial charge on any atom is 0.0406 e. The van der Waals surface area contributed by atoms with Crippen molar-refractivity contribution in [2.75, 3.05) is 12.3 Å². The summed E-state index contributed by atoms with van der Waals surface area (Å²) < 4.78 is 11.7. The van der Waals surface area contributed by atoms with Crippen molar-refractivity contribution in [3.8, 4) is 0 Å². The van der Waals surface area contributed by atoms with Gasteiger partial charge in [-0.25, -0.2) is 0 Å². The molecule has 0 heterocycles. The van der Waals surface area contributed by atoms with Crippen LogP contribution in [0.2, 0.25) is 5.02 Å². The molecule has 0 spiro atoms. The maximum absolute atomic E-state index is 11.9. The predicted molar refractivity (Wildman–Crippen MR) is 80.6 cm³/mol. The normalized spacial score (nSPS) is 15.4. The molecule has 1 aromatic rings. The minimum Gasteiger partial charge on any atom is -0.309 e. The fourth-order valence-corrected chi connectivity index (χ4v) is 2.59. The Morgan fingerprint density at radius 3 is 2.33 bits per heavy atom. The molecule has 1 aromatic carbocycles. The van der Waals surface area contributed by atoms with Crippen molar-refractivity contribution in [1.82, 2.24) is 5.32 Å². The summed E-state index contributed by atoms with van der Waals surface area (Å²) in [5, 5.41) is 4.14. The molecule has 0 saturated heterocycles. The number of benzene rings is 1. The van der Waals surface area contributed by atoms with E-state index in [1.165, 1.54) is 5.56 Å². The Kier molecular flexibility index (Phi) is 5.83. The van der Waals surface area contributed by atoms with Crippen LogP contribution >= 0.6 is 11.6 Å². The molecule has 0 fully saturated rings. The highest BCUT2D eigenvalue weighted by Crippen LogP contribution is 2.16. The molecule has 0 aromatic heterocycles. The summed E-state index contributed by atoms with van der Waals surface area (Å²) >= 11 is 5.85. The van der Waals surface area contributed by atoms with Crippen LogP contribution in [0.3, 0.4) is 0 Å². The van der Waals surface area contributed by atoms with Gasteiger partial charge in [0.05, 0.1) is 0 Å². The minimum atomic E-state index is -0.797.